The quantitative estimate of drug-likeness (QED) is 0.159. The zero-order chi connectivity index (χ0) is 35.0. The second-order valence-corrected chi connectivity index (χ2v) is 17.8. The van der Waals surface area contributed by atoms with E-state index in [0.717, 1.165) is 66.0 Å². The van der Waals surface area contributed by atoms with E-state index in [1.54, 1.807) is 0 Å². The predicted molar refractivity (Wildman–Crippen MR) is 213 cm³/mol. The van der Waals surface area contributed by atoms with E-state index in [0.29, 0.717) is 10.0 Å². The molecule has 246 valence electrons. The van der Waals surface area contributed by atoms with Crippen LogP contribution in [-0.4, -0.2) is 8.07 Å². The number of aryl methyl sites for hydroxylation is 2. The molecule has 0 fully saturated rings. The first-order valence-electron chi connectivity index (χ1n) is 16.9. The molecule has 4 aromatic carbocycles. The van der Waals surface area contributed by atoms with Gasteiger partial charge in [0.25, 0.3) is 0 Å². The minimum atomic E-state index is -3.21. The molecule has 0 atom stereocenters. The second-order valence-electron chi connectivity index (χ2n) is 13.4. The molecule has 0 nitrogen and oxygen atoms in total. The zero-order valence-corrected chi connectivity index (χ0v) is 30.4. The third kappa shape index (κ3) is 4.69. The molecular weight excluding hydrogens is 689 g/mol. The Labute approximate surface area is 307 Å². The number of benzene rings is 4. The van der Waals surface area contributed by atoms with Gasteiger partial charge in [-0.2, -0.15) is 0 Å². The zero-order valence-electron chi connectivity index (χ0n) is 27.9. The molecule has 0 saturated carbocycles. The Bertz CT molecular complexity index is 2410. The lowest BCUT2D eigenvalue weighted by Crippen LogP contribution is -2.73. The Morgan fingerprint density at radius 1 is 0.392 bits per heavy atom. The second kappa shape index (κ2) is 12.0. The highest BCUT2D eigenvalue weighted by Gasteiger charge is 2.51. The van der Waals surface area contributed by atoms with E-state index in [4.69, 9.17) is 23.2 Å². The maximum Gasteiger partial charge on any atom is 0.183 e. The van der Waals surface area contributed by atoms with E-state index in [2.05, 4.69) is 111 Å². The van der Waals surface area contributed by atoms with E-state index in [1.165, 1.54) is 45.8 Å². The Kier molecular flexibility index (Phi) is 7.52. The van der Waals surface area contributed by atoms with E-state index >= 15 is 0 Å². The number of hydrogen-bond acceptors (Lipinski definition) is 0. The van der Waals surface area contributed by atoms with E-state index in [9.17, 15) is 8.78 Å². The van der Waals surface area contributed by atoms with Gasteiger partial charge < -0.3 is 0 Å². The third-order valence-electron chi connectivity index (χ3n) is 10.7. The monoisotopic (exact) mass is 718 g/mol. The number of fused-ring (bicyclic) bond motifs is 5. The molecule has 0 amide bonds. The van der Waals surface area contributed by atoms with Crippen molar-refractivity contribution in [1.82, 2.24) is 0 Å². The van der Waals surface area contributed by atoms with Crippen molar-refractivity contribution in [1.29, 1.82) is 0 Å². The first-order chi connectivity index (χ1) is 24.8. The molecule has 1 aliphatic heterocycles. The van der Waals surface area contributed by atoms with Crippen molar-refractivity contribution < 1.29 is 8.78 Å². The van der Waals surface area contributed by atoms with Crippen molar-refractivity contribution in [3.8, 4) is 55.6 Å². The Morgan fingerprint density at radius 3 is 1.16 bits per heavy atom. The van der Waals surface area contributed by atoms with Crippen LogP contribution >= 0.6 is 23.2 Å². The van der Waals surface area contributed by atoms with Crippen molar-refractivity contribution in [2.24, 2.45) is 0 Å². The minimum absolute atomic E-state index is 0.267. The Hall–Kier alpha value is -5.06. The first-order valence-corrected chi connectivity index (χ1v) is 19.7. The largest absolute Gasteiger partial charge is 0.207 e. The average Bonchev–Trinajstić information content (AvgIpc) is 3.67. The summed E-state index contributed by atoms with van der Waals surface area (Å²) in [5, 5.41) is 5.95. The summed E-state index contributed by atoms with van der Waals surface area (Å²) in [6.45, 7) is 4.17. The maximum absolute atomic E-state index is 14.0. The highest BCUT2D eigenvalue weighted by Crippen LogP contribution is 2.45. The fourth-order valence-electron chi connectivity index (χ4n) is 8.59. The minimum Gasteiger partial charge on any atom is -0.207 e. The van der Waals surface area contributed by atoms with Crippen LogP contribution in [0.1, 0.15) is 11.1 Å². The van der Waals surface area contributed by atoms with Gasteiger partial charge in [0.05, 0.1) is 0 Å². The van der Waals surface area contributed by atoms with E-state index in [-0.39, 0.29) is 11.6 Å². The van der Waals surface area contributed by atoms with Crippen molar-refractivity contribution in [3.63, 3.8) is 0 Å². The lowest BCUT2D eigenvalue weighted by molar-refractivity contribution is 0.627. The van der Waals surface area contributed by atoms with Crippen LogP contribution in [0.15, 0.2) is 146 Å². The van der Waals surface area contributed by atoms with E-state index in [1.807, 2.05) is 24.3 Å². The standard InChI is InChI=1S/C46H30Cl2F2Si/c1-27-25-37-35(43(27)29-17-21-31(49)22-18-29)11-7-15-41(45(37)47)51(39-13-5-3-9-33(39)34-10-4-6-14-40(34)51)42-16-8-12-36-38(46(42)48)26-28(2)44(36)30-19-23-32(50)24-20-30/h3-26H,1-2H3. The van der Waals surface area contributed by atoms with Crippen LogP contribution in [0.2, 0.25) is 10.0 Å². The molecule has 4 aromatic rings. The van der Waals surface area contributed by atoms with Crippen LogP contribution in [-0.2, 0) is 0 Å². The normalized spacial score (nSPS) is 13.1. The summed E-state index contributed by atoms with van der Waals surface area (Å²) in [5.74, 6) is -0.534. The fraction of sp³-hybridized carbons (Fsp3) is 0.0435. The third-order valence-corrected chi connectivity index (χ3v) is 16.7. The van der Waals surface area contributed by atoms with Gasteiger partial charge in [-0.25, -0.2) is 8.78 Å². The van der Waals surface area contributed by atoms with Gasteiger partial charge in [0, 0.05) is 21.2 Å². The highest BCUT2D eigenvalue weighted by molar-refractivity contribution is 7.23. The average molecular weight is 720 g/mol. The molecule has 51 heavy (non-hydrogen) atoms. The summed E-state index contributed by atoms with van der Waals surface area (Å²) in [6.07, 6.45) is 0. The summed E-state index contributed by atoms with van der Waals surface area (Å²) in [5.41, 5.74) is 12.4. The Morgan fingerprint density at radius 2 is 0.745 bits per heavy atom. The van der Waals surface area contributed by atoms with Gasteiger partial charge in [-0.05, 0) is 127 Å². The van der Waals surface area contributed by atoms with Gasteiger partial charge >= 0.3 is 0 Å². The highest BCUT2D eigenvalue weighted by atomic mass is 35.5. The van der Waals surface area contributed by atoms with Gasteiger partial charge in [-0.3, -0.25) is 0 Å². The van der Waals surface area contributed by atoms with Crippen LogP contribution in [0.4, 0.5) is 8.78 Å². The molecule has 0 unspecified atom stereocenters. The van der Waals surface area contributed by atoms with Crippen molar-refractivity contribution in [2.45, 2.75) is 13.8 Å². The van der Waals surface area contributed by atoms with Gasteiger partial charge in [-0.15, -0.1) is 0 Å². The molecule has 0 spiro atoms. The first kappa shape index (κ1) is 31.9. The number of rotatable bonds is 4. The summed E-state index contributed by atoms with van der Waals surface area (Å²) >= 11 is 15.6. The van der Waals surface area contributed by atoms with Gasteiger partial charge in [0.1, 0.15) is 11.6 Å². The fourth-order valence-corrected chi connectivity index (χ4v) is 15.2. The van der Waals surface area contributed by atoms with Crippen LogP contribution in [0.3, 0.4) is 0 Å². The predicted octanol–water partition coefficient (Wildman–Crippen LogP) is 10.8. The summed E-state index contributed by atoms with van der Waals surface area (Å²) in [7, 11) is -3.21. The molecule has 4 aliphatic carbocycles. The maximum atomic E-state index is 14.0. The molecule has 9 rings (SSSR count). The molecule has 0 aromatic heterocycles. The summed E-state index contributed by atoms with van der Waals surface area (Å²) in [4.78, 5) is 0. The van der Waals surface area contributed by atoms with Crippen LogP contribution < -0.4 is 20.7 Å². The van der Waals surface area contributed by atoms with Crippen molar-refractivity contribution in [2.75, 3.05) is 0 Å². The molecule has 0 bridgehead atoms. The van der Waals surface area contributed by atoms with Crippen molar-refractivity contribution >= 4 is 52.0 Å². The molecule has 0 radical (unpaired) electrons. The molecule has 0 saturated heterocycles. The van der Waals surface area contributed by atoms with Crippen molar-refractivity contribution in [3.05, 3.63) is 178 Å². The van der Waals surface area contributed by atoms with Crippen LogP contribution in [0.5, 0.6) is 0 Å². The smallest absolute Gasteiger partial charge is 0.183 e. The number of halogens is 4. The molecular formula is C46H30Cl2F2Si. The Balaban J connectivity index is 1.36. The van der Waals surface area contributed by atoms with Gasteiger partial charge in [0.2, 0.25) is 0 Å². The molecule has 1 heterocycles. The van der Waals surface area contributed by atoms with Crippen LogP contribution in [0, 0.1) is 25.5 Å². The lowest BCUT2D eigenvalue weighted by atomic mass is 10.0. The van der Waals surface area contributed by atoms with Crippen LogP contribution in [0.25, 0.3) is 55.6 Å². The van der Waals surface area contributed by atoms with Gasteiger partial charge in [-0.1, -0.05) is 132 Å². The molecule has 5 heteroatoms. The van der Waals surface area contributed by atoms with Gasteiger partial charge in [0.15, 0.2) is 8.07 Å². The summed E-state index contributed by atoms with van der Waals surface area (Å²) in [6, 6.07) is 47.9. The topological polar surface area (TPSA) is 0 Å². The molecule has 0 N–H and O–H groups in total. The van der Waals surface area contributed by atoms with E-state index < -0.39 is 8.07 Å². The molecule has 5 aliphatic rings. The SMILES string of the molecule is Cc1cc2c(Cl)c([Si]3(c4cccc5c(-c6ccc(F)cc6)c(C)cc-5c4Cl)c4ccccc4-c4ccccc43)cccc-2c1-c1ccc(F)cc1. The number of hydrogen-bond donors (Lipinski definition) is 0. The lowest BCUT2D eigenvalue weighted by Gasteiger charge is -2.32. The summed E-state index contributed by atoms with van der Waals surface area (Å²) < 4.78 is 28.0.